The van der Waals surface area contributed by atoms with Crippen LogP contribution in [0.5, 0.6) is 0 Å². The van der Waals surface area contributed by atoms with Crippen molar-refractivity contribution in [1.82, 2.24) is 10.5 Å². The average Bonchev–Trinajstić information content (AvgIpc) is 3.29. The van der Waals surface area contributed by atoms with E-state index in [0.29, 0.717) is 27.8 Å². The van der Waals surface area contributed by atoms with Gasteiger partial charge in [0.25, 0.3) is 5.91 Å². The zero-order valence-electron chi connectivity index (χ0n) is 18.2. The molecule has 0 unspecified atom stereocenters. The van der Waals surface area contributed by atoms with Crippen molar-refractivity contribution < 1.29 is 19.0 Å². The first kappa shape index (κ1) is 23.0. The molecule has 0 saturated heterocycles. The number of hydrogen-bond acceptors (Lipinski definition) is 7. The molecule has 1 aromatic heterocycles. The first-order chi connectivity index (χ1) is 15.4. The number of halogens is 1. The third-order valence-electron chi connectivity index (χ3n) is 4.71. The number of aromatic nitrogens is 1. The van der Waals surface area contributed by atoms with Gasteiger partial charge in [-0.2, -0.15) is 0 Å². The molecule has 0 spiro atoms. The highest BCUT2D eigenvalue weighted by Gasteiger charge is 2.19. The summed E-state index contributed by atoms with van der Waals surface area (Å²) < 4.78 is 5.41. The molecule has 0 aliphatic rings. The third kappa shape index (κ3) is 5.33. The van der Waals surface area contributed by atoms with Gasteiger partial charge >= 0.3 is 0 Å². The van der Waals surface area contributed by atoms with Crippen molar-refractivity contribution in [1.29, 1.82) is 0 Å². The van der Waals surface area contributed by atoms with Gasteiger partial charge in [-0.3, -0.25) is 4.79 Å². The molecule has 1 heterocycles. The largest absolute Gasteiger partial charge is 0.398 e. The van der Waals surface area contributed by atoms with Gasteiger partial charge in [-0.1, -0.05) is 45.3 Å². The second-order valence-corrected chi connectivity index (χ2v) is 7.27. The number of nitrogens with one attached hydrogen (secondary N) is 1. The molecule has 0 aliphatic heterocycles. The predicted molar refractivity (Wildman–Crippen MR) is 123 cm³/mol. The summed E-state index contributed by atoms with van der Waals surface area (Å²) in [6.07, 6.45) is 0. The van der Waals surface area contributed by atoms with Crippen molar-refractivity contribution >= 4 is 28.9 Å². The maximum atomic E-state index is 12.3. The third-order valence-corrected chi connectivity index (χ3v) is 4.96. The molecule has 3 aromatic rings. The fourth-order valence-electron chi connectivity index (χ4n) is 2.97. The molecule has 8 nitrogen and oxygen atoms in total. The second-order valence-electron chi connectivity index (χ2n) is 6.84. The topological polar surface area (TPSA) is 98.3 Å². The summed E-state index contributed by atoms with van der Waals surface area (Å²) in [5, 5.41) is 15.3. The summed E-state index contributed by atoms with van der Waals surface area (Å²) in [7, 11) is 2.92. The number of likely N-dealkylation sites (N-methyl/N-ethyl adjacent to an activating group) is 1. The van der Waals surface area contributed by atoms with E-state index in [1.807, 2.05) is 31.2 Å². The molecule has 0 radical (unpaired) electrons. The molecule has 3 rings (SSSR count). The minimum Gasteiger partial charge on any atom is -0.398 e. The molecule has 1 N–H and O–H groups in total. The fourth-order valence-corrected chi connectivity index (χ4v) is 3.10. The smallest absolute Gasteiger partial charge is 0.273 e. The van der Waals surface area contributed by atoms with Crippen LogP contribution in [0.3, 0.4) is 0 Å². The van der Waals surface area contributed by atoms with Crippen molar-refractivity contribution in [2.24, 2.45) is 10.3 Å². The van der Waals surface area contributed by atoms with Gasteiger partial charge in [0.05, 0.1) is 0 Å². The van der Waals surface area contributed by atoms with E-state index in [0.717, 1.165) is 16.7 Å². The van der Waals surface area contributed by atoms with Crippen LogP contribution < -0.4 is 5.32 Å². The molecular weight excluding hydrogens is 432 g/mol. The number of aryl methyl sites for hydroxylation is 1. The Hall–Kier alpha value is -3.65. The molecule has 0 atom stereocenters. The van der Waals surface area contributed by atoms with Crippen molar-refractivity contribution in [3.63, 3.8) is 0 Å². The van der Waals surface area contributed by atoms with E-state index in [-0.39, 0.29) is 18.2 Å². The van der Waals surface area contributed by atoms with Gasteiger partial charge < -0.3 is 19.5 Å². The Morgan fingerprint density at radius 2 is 1.94 bits per heavy atom. The Labute approximate surface area is 190 Å². The zero-order chi connectivity index (χ0) is 23.1. The number of oxime groups is 2. The number of carbonyl (C=O) groups excluding carboxylic acids is 1. The molecule has 1 amide bonds. The van der Waals surface area contributed by atoms with Gasteiger partial charge in [0.1, 0.15) is 25.1 Å². The zero-order valence-corrected chi connectivity index (χ0v) is 18.9. The summed E-state index contributed by atoms with van der Waals surface area (Å²) in [5.41, 5.74) is 4.39. The van der Waals surface area contributed by atoms with Crippen LogP contribution >= 0.6 is 11.6 Å². The minimum atomic E-state index is -0.365. The molecule has 32 heavy (non-hydrogen) atoms. The van der Waals surface area contributed by atoms with E-state index in [2.05, 4.69) is 20.8 Å². The number of carbonyl (C=O) groups is 1. The number of benzene rings is 2. The molecule has 2 aromatic carbocycles. The van der Waals surface area contributed by atoms with Gasteiger partial charge in [-0.15, -0.1) is 0 Å². The van der Waals surface area contributed by atoms with Crippen LogP contribution in [0.25, 0.3) is 11.3 Å². The van der Waals surface area contributed by atoms with Crippen molar-refractivity contribution in [2.45, 2.75) is 20.5 Å². The van der Waals surface area contributed by atoms with Crippen LogP contribution in [0, 0.1) is 6.92 Å². The molecule has 0 bridgehead atoms. The lowest BCUT2D eigenvalue weighted by atomic mass is 9.98. The van der Waals surface area contributed by atoms with E-state index < -0.39 is 0 Å². The highest BCUT2D eigenvalue weighted by molar-refractivity contribution is 6.45. The average molecular weight is 455 g/mol. The predicted octanol–water partition coefficient (Wildman–Crippen LogP) is 4.34. The van der Waals surface area contributed by atoms with Crippen LogP contribution in [0.1, 0.15) is 29.3 Å². The van der Waals surface area contributed by atoms with Gasteiger partial charge in [0.15, 0.2) is 11.5 Å². The number of rotatable bonds is 8. The van der Waals surface area contributed by atoms with Crippen molar-refractivity contribution in [3.05, 3.63) is 75.9 Å². The molecular formula is C23H23ClN4O4. The lowest BCUT2D eigenvalue weighted by Gasteiger charge is -2.12. The number of nitrogens with zero attached hydrogens (tertiary/aromatic N) is 3. The number of hydrogen-bond donors (Lipinski definition) is 1. The summed E-state index contributed by atoms with van der Waals surface area (Å²) in [5.74, 6) is 0.231. The highest BCUT2D eigenvalue weighted by Crippen LogP contribution is 2.23. The molecule has 0 fully saturated rings. The quantitative estimate of drug-likeness (QED) is 0.403. The van der Waals surface area contributed by atoms with Crippen LogP contribution in [-0.4, -0.2) is 36.6 Å². The van der Waals surface area contributed by atoms with E-state index in [4.69, 9.17) is 25.8 Å². The van der Waals surface area contributed by atoms with E-state index in [1.165, 1.54) is 14.2 Å². The van der Waals surface area contributed by atoms with Gasteiger partial charge in [0, 0.05) is 34.8 Å². The maximum absolute atomic E-state index is 12.3. The highest BCUT2D eigenvalue weighted by atomic mass is 35.5. The van der Waals surface area contributed by atoms with E-state index in [9.17, 15) is 4.79 Å². The normalized spacial score (nSPS) is 11.9. The van der Waals surface area contributed by atoms with Crippen LogP contribution in [0.2, 0.25) is 5.02 Å². The summed E-state index contributed by atoms with van der Waals surface area (Å²) in [6, 6.07) is 14.6. The van der Waals surface area contributed by atoms with E-state index >= 15 is 0 Å². The lowest BCUT2D eigenvalue weighted by Crippen LogP contribution is -2.29. The summed E-state index contributed by atoms with van der Waals surface area (Å²) >= 11 is 5.93. The Kier molecular flexibility index (Phi) is 7.62. The second kappa shape index (κ2) is 10.6. The Morgan fingerprint density at radius 1 is 1.19 bits per heavy atom. The van der Waals surface area contributed by atoms with Crippen LogP contribution in [-0.2, 0) is 21.1 Å². The van der Waals surface area contributed by atoms with Crippen LogP contribution in [0.15, 0.2) is 63.4 Å². The minimum absolute atomic E-state index is 0.126. The first-order valence-corrected chi connectivity index (χ1v) is 10.1. The molecule has 0 aliphatic carbocycles. The molecule has 0 saturated carbocycles. The lowest BCUT2D eigenvalue weighted by molar-refractivity contribution is -0.114. The summed E-state index contributed by atoms with van der Waals surface area (Å²) in [4.78, 5) is 22.7. The molecule has 166 valence electrons. The van der Waals surface area contributed by atoms with Crippen molar-refractivity contribution in [2.75, 3.05) is 14.2 Å². The fraction of sp³-hybridized carbons (Fsp3) is 0.217. The van der Waals surface area contributed by atoms with E-state index in [1.54, 1.807) is 31.2 Å². The van der Waals surface area contributed by atoms with Crippen LogP contribution in [0.4, 0.5) is 0 Å². The van der Waals surface area contributed by atoms with Gasteiger partial charge in [-0.25, -0.2) is 0 Å². The standard InChI is InChI=1S/C23H23ClN4O4/c1-14-6-5-7-18(22(28-30-4)23(29)25-3)19(14)13-31-26-15(2)20-12-21(32-27-20)16-8-10-17(24)11-9-16/h5-12H,13H2,1-4H3,(H,25,29)/b26-15+,28-22+. The summed E-state index contributed by atoms with van der Waals surface area (Å²) in [6.45, 7) is 3.81. The Morgan fingerprint density at radius 3 is 2.62 bits per heavy atom. The number of amides is 1. The van der Waals surface area contributed by atoms with Gasteiger partial charge in [0.2, 0.25) is 0 Å². The Bertz CT molecular complexity index is 1150. The first-order valence-electron chi connectivity index (χ1n) is 9.76. The van der Waals surface area contributed by atoms with Crippen molar-refractivity contribution in [3.8, 4) is 11.3 Å². The Balaban J connectivity index is 1.78. The maximum Gasteiger partial charge on any atom is 0.273 e. The monoisotopic (exact) mass is 454 g/mol. The van der Waals surface area contributed by atoms with Gasteiger partial charge in [-0.05, 0) is 43.7 Å². The SMILES string of the molecule is CNC(=O)/C(=N/OC)c1cccc(C)c1CO/N=C(\C)c1cc(-c2ccc(Cl)cc2)on1. The molecule has 9 heteroatoms.